The first kappa shape index (κ1) is 16.0. The summed E-state index contributed by atoms with van der Waals surface area (Å²) in [5.41, 5.74) is 2.08. The van der Waals surface area contributed by atoms with Gasteiger partial charge in [0, 0.05) is 24.9 Å². The molecule has 5 heteroatoms. The molecule has 0 radical (unpaired) electrons. The largest absolute Gasteiger partial charge is 0.309 e. The molecule has 0 bridgehead atoms. The molecular weight excluding hydrogens is 284 g/mol. The van der Waals surface area contributed by atoms with Crippen molar-refractivity contribution in [2.75, 3.05) is 6.54 Å². The zero-order valence-corrected chi connectivity index (χ0v) is 13.6. The van der Waals surface area contributed by atoms with Crippen LogP contribution in [0.5, 0.6) is 0 Å². The zero-order chi connectivity index (χ0) is 15.2. The summed E-state index contributed by atoms with van der Waals surface area (Å²) in [6, 6.07) is 6.54. The minimum Gasteiger partial charge on any atom is -0.309 e. The summed E-state index contributed by atoms with van der Waals surface area (Å²) in [6.07, 6.45) is 5.66. The summed E-state index contributed by atoms with van der Waals surface area (Å²) in [5, 5.41) is 8.80. The number of halogens is 1. The van der Waals surface area contributed by atoms with Crippen LogP contribution in [0.3, 0.4) is 0 Å². The Bertz CT molecular complexity index is 550. The third kappa shape index (κ3) is 4.29. The highest BCUT2D eigenvalue weighted by Gasteiger charge is 2.15. The number of hydrogen-bond donors (Lipinski definition) is 1. The second-order valence-electron chi connectivity index (χ2n) is 5.26. The van der Waals surface area contributed by atoms with E-state index >= 15 is 0 Å². The summed E-state index contributed by atoms with van der Waals surface area (Å²) in [4.78, 5) is 4.42. The van der Waals surface area contributed by atoms with Gasteiger partial charge < -0.3 is 5.32 Å². The average molecular weight is 307 g/mol. The summed E-state index contributed by atoms with van der Waals surface area (Å²) in [7, 11) is 0. The van der Waals surface area contributed by atoms with Crippen molar-refractivity contribution in [1.29, 1.82) is 0 Å². The van der Waals surface area contributed by atoms with Gasteiger partial charge in [0.25, 0.3) is 0 Å². The lowest BCUT2D eigenvalue weighted by molar-refractivity contribution is 0.465. The molecule has 0 fully saturated rings. The van der Waals surface area contributed by atoms with Crippen molar-refractivity contribution in [3.8, 4) is 0 Å². The average Bonchev–Trinajstić information content (AvgIpc) is 2.95. The van der Waals surface area contributed by atoms with Crippen LogP contribution < -0.4 is 5.32 Å². The van der Waals surface area contributed by atoms with Gasteiger partial charge in [-0.1, -0.05) is 25.4 Å². The molecule has 114 valence electrons. The normalized spacial score (nSPS) is 14.1. The van der Waals surface area contributed by atoms with Crippen LogP contribution in [0.25, 0.3) is 0 Å². The van der Waals surface area contributed by atoms with E-state index in [2.05, 4.69) is 48.4 Å². The van der Waals surface area contributed by atoms with Gasteiger partial charge in [0.05, 0.1) is 22.5 Å². The molecular formula is C16H23ClN4. The van der Waals surface area contributed by atoms with E-state index in [1.807, 2.05) is 16.8 Å². The Hall–Kier alpha value is -1.39. The van der Waals surface area contributed by atoms with Crippen molar-refractivity contribution in [2.24, 2.45) is 0 Å². The maximum absolute atomic E-state index is 5.91. The SMILES string of the molecule is CCNC(Cc1ccn(C(C)CC)n1)c1ccc(Cl)cn1. The molecule has 0 aromatic carbocycles. The molecule has 0 saturated heterocycles. The minimum absolute atomic E-state index is 0.160. The summed E-state index contributed by atoms with van der Waals surface area (Å²) >= 11 is 5.91. The van der Waals surface area contributed by atoms with Gasteiger partial charge in [0.15, 0.2) is 0 Å². The molecule has 2 unspecified atom stereocenters. The minimum atomic E-state index is 0.160. The van der Waals surface area contributed by atoms with E-state index in [0.717, 1.165) is 30.8 Å². The first-order chi connectivity index (χ1) is 10.1. The molecule has 2 atom stereocenters. The predicted octanol–water partition coefficient (Wildman–Crippen LogP) is 3.80. The van der Waals surface area contributed by atoms with Gasteiger partial charge in [-0.05, 0) is 38.1 Å². The van der Waals surface area contributed by atoms with Crippen molar-refractivity contribution in [1.82, 2.24) is 20.1 Å². The Labute approximate surface area is 131 Å². The van der Waals surface area contributed by atoms with E-state index in [4.69, 9.17) is 11.6 Å². The first-order valence-corrected chi connectivity index (χ1v) is 7.90. The van der Waals surface area contributed by atoms with Gasteiger partial charge in [-0.15, -0.1) is 0 Å². The molecule has 1 N–H and O–H groups in total. The number of nitrogens with one attached hydrogen (secondary N) is 1. The van der Waals surface area contributed by atoms with Gasteiger partial charge in [-0.3, -0.25) is 9.67 Å². The van der Waals surface area contributed by atoms with Crippen LogP contribution in [0, 0.1) is 0 Å². The van der Waals surface area contributed by atoms with Gasteiger partial charge in [0.1, 0.15) is 0 Å². The topological polar surface area (TPSA) is 42.7 Å². The van der Waals surface area contributed by atoms with Gasteiger partial charge in [-0.2, -0.15) is 5.10 Å². The highest BCUT2D eigenvalue weighted by Crippen LogP contribution is 2.18. The maximum atomic E-state index is 5.91. The number of likely N-dealkylation sites (N-methyl/N-ethyl adjacent to an activating group) is 1. The smallest absolute Gasteiger partial charge is 0.0644 e. The van der Waals surface area contributed by atoms with E-state index in [9.17, 15) is 0 Å². The number of hydrogen-bond acceptors (Lipinski definition) is 3. The lowest BCUT2D eigenvalue weighted by Crippen LogP contribution is -2.24. The Balaban J connectivity index is 2.12. The van der Waals surface area contributed by atoms with Gasteiger partial charge in [-0.25, -0.2) is 0 Å². The third-order valence-electron chi connectivity index (χ3n) is 3.68. The molecule has 0 aliphatic rings. The fourth-order valence-electron chi connectivity index (χ4n) is 2.25. The summed E-state index contributed by atoms with van der Waals surface area (Å²) < 4.78 is 2.04. The molecule has 2 aromatic heterocycles. The third-order valence-corrected chi connectivity index (χ3v) is 3.90. The highest BCUT2D eigenvalue weighted by molar-refractivity contribution is 6.30. The van der Waals surface area contributed by atoms with Crippen LogP contribution in [0.2, 0.25) is 5.02 Å². The number of rotatable bonds is 7. The molecule has 4 nitrogen and oxygen atoms in total. The van der Waals surface area contributed by atoms with E-state index < -0.39 is 0 Å². The van der Waals surface area contributed by atoms with Gasteiger partial charge >= 0.3 is 0 Å². The van der Waals surface area contributed by atoms with E-state index in [-0.39, 0.29) is 6.04 Å². The van der Waals surface area contributed by atoms with Crippen molar-refractivity contribution in [2.45, 2.75) is 45.7 Å². The van der Waals surface area contributed by atoms with Crippen LogP contribution in [0.4, 0.5) is 0 Å². The fourth-order valence-corrected chi connectivity index (χ4v) is 2.36. The molecule has 2 aromatic rings. The Kier molecular flexibility index (Phi) is 5.76. The van der Waals surface area contributed by atoms with Crippen LogP contribution in [0.1, 0.15) is 50.7 Å². The second-order valence-corrected chi connectivity index (χ2v) is 5.70. The standard InChI is InChI=1S/C16H23ClN4/c1-4-12(3)21-9-8-14(20-21)10-16(18-5-2)15-7-6-13(17)11-19-15/h6-9,11-12,16,18H,4-5,10H2,1-3H3. The maximum Gasteiger partial charge on any atom is 0.0644 e. The monoisotopic (exact) mass is 306 g/mol. The number of nitrogens with zero attached hydrogens (tertiary/aromatic N) is 3. The molecule has 2 rings (SSSR count). The molecule has 0 aliphatic carbocycles. The predicted molar refractivity (Wildman–Crippen MR) is 86.6 cm³/mol. The number of aromatic nitrogens is 3. The summed E-state index contributed by atoms with van der Waals surface area (Å²) in [5.74, 6) is 0. The van der Waals surface area contributed by atoms with Crippen molar-refractivity contribution in [3.63, 3.8) is 0 Å². The first-order valence-electron chi connectivity index (χ1n) is 7.52. The van der Waals surface area contributed by atoms with E-state index in [1.54, 1.807) is 6.20 Å². The van der Waals surface area contributed by atoms with Crippen molar-refractivity contribution >= 4 is 11.6 Å². The van der Waals surface area contributed by atoms with E-state index in [0.29, 0.717) is 11.1 Å². The molecule has 0 amide bonds. The molecule has 2 heterocycles. The van der Waals surface area contributed by atoms with Crippen LogP contribution in [0.15, 0.2) is 30.6 Å². The second kappa shape index (κ2) is 7.57. The van der Waals surface area contributed by atoms with Crippen LogP contribution in [-0.4, -0.2) is 21.3 Å². The number of pyridine rings is 1. The van der Waals surface area contributed by atoms with Crippen LogP contribution in [-0.2, 0) is 6.42 Å². The molecule has 21 heavy (non-hydrogen) atoms. The Morgan fingerprint density at radius 1 is 1.29 bits per heavy atom. The molecule has 0 aliphatic heterocycles. The summed E-state index contributed by atoms with van der Waals surface area (Å²) in [6.45, 7) is 7.34. The van der Waals surface area contributed by atoms with Gasteiger partial charge in [0.2, 0.25) is 0 Å². The Morgan fingerprint density at radius 3 is 2.71 bits per heavy atom. The lowest BCUT2D eigenvalue weighted by Gasteiger charge is -2.16. The molecule has 0 saturated carbocycles. The Morgan fingerprint density at radius 2 is 2.10 bits per heavy atom. The molecule has 0 spiro atoms. The zero-order valence-electron chi connectivity index (χ0n) is 12.9. The lowest BCUT2D eigenvalue weighted by atomic mass is 10.1. The highest BCUT2D eigenvalue weighted by atomic mass is 35.5. The van der Waals surface area contributed by atoms with Crippen LogP contribution >= 0.6 is 11.6 Å². The van der Waals surface area contributed by atoms with E-state index in [1.165, 1.54) is 0 Å². The quantitative estimate of drug-likeness (QED) is 0.846. The van der Waals surface area contributed by atoms with Crippen molar-refractivity contribution < 1.29 is 0 Å². The van der Waals surface area contributed by atoms with Crippen molar-refractivity contribution in [3.05, 3.63) is 47.0 Å². The fraction of sp³-hybridized carbons (Fsp3) is 0.500.